The minimum Gasteiger partial charge on any atom is -0.493 e. The van der Waals surface area contributed by atoms with Crippen molar-refractivity contribution in [3.8, 4) is 5.75 Å². The van der Waals surface area contributed by atoms with Crippen molar-refractivity contribution in [2.45, 2.75) is 43.7 Å². The van der Waals surface area contributed by atoms with Gasteiger partial charge in [0.2, 0.25) is 0 Å². The van der Waals surface area contributed by atoms with Gasteiger partial charge in [0, 0.05) is 24.6 Å². The highest BCUT2D eigenvalue weighted by molar-refractivity contribution is 14.0. The topological polar surface area (TPSA) is 79.8 Å². The molecule has 30 heavy (non-hydrogen) atoms. The van der Waals surface area contributed by atoms with Crippen LogP contribution in [0.15, 0.2) is 64.5 Å². The smallest absolute Gasteiger partial charge is 0.191 e. The molecule has 0 bridgehead atoms. The van der Waals surface area contributed by atoms with Crippen LogP contribution in [-0.2, 0) is 9.84 Å². The maximum atomic E-state index is 12.8. The molecule has 0 saturated heterocycles. The number of guanidine groups is 1. The van der Waals surface area contributed by atoms with Crippen molar-refractivity contribution in [1.82, 2.24) is 10.6 Å². The monoisotopic (exact) mass is 543 g/mol. The predicted octanol–water partition coefficient (Wildman–Crippen LogP) is 3.94. The van der Waals surface area contributed by atoms with Gasteiger partial charge in [0.15, 0.2) is 15.8 Å². The second kappa shape index (κ2) is 11.5. The first kappa shape index (κ1) is 24.5. The molecule has 0 spiro atoms. The van der Waals surface area contributed by atoms with Crippen LogP contribution in [0.4, 0.5) is 0 Å². The Kier molecular flexibility index (Phi) is 9.41. The summed E-state index contributed by atoms with van der Waals surface area (Å²) in [6.07, 6.45) is 1.49. The van der Waals surface area contributed by atoms with E-state index in [9.17, 15) is 8.42 Å². The first-order valence-electron chi connectivity index (χ1n) is 10.1. The van der Waals surface area contributed by atoms with Gasteiger partial charge >= 0.3 is 0 Å². The van der Waals surface area contributed by atoms with Gasteiger partial charge in [-0.15, -0.1) is 24.0 Å². The molecule has 8 heteroatoms. The number of halogens is 1. The molecule has 6 nitrogen and oxygen atoms in total. The normalized spacial score (nSPS) is 17.1. The zero-order valence-corrected chi connectivity index (χ0v) is 20.5. The number of nitrogens with one attached hydrogen (secondary N) is 2. The van der Waals surface area contributed by atoms with Gasteiger partial charge in [-0.25, -0.2) is 8.42 Å². The number of para-hydroxylation sites is 1. The third kappa shape index (κ3) is 6.34. The molecule has 164 valence electrons. The summed E-state index contributed by atoms with van der Waals surface area (Å²) in [5, 5.41) is 6.80. The van der Waals surface area contributed by atoms with Gasteiger partial charge in [0.25, 0.3) is 0 Å². The molecule has 1 heterocycles. The van der Waals surface area contributed by atoms with Gasteiger partial charge in [0.05, 0.1) is 23.3 Å². The summed E-state index contributed by atoms with van der Waals surface area (Å²) in [5.74, 6) is 1.53. The summed E-state index contributed by atoms with van der Waals surface area (Å²) in [5.41, 5.74) is 1.09. The highest BCUT2D eigenvalue weighted by Crippen LogP contribution is 2.31. The quantitative estimate of drug-likeness (QED) is 0.314. The SMILES string of the molecule is CCN=C(NC(CC)CS(=O)(=O)c1ccccc1)NC1CCOc2ccccc21.I. The Morgan fingerprint density at radius 3 is 2.53 bits per heavy atom. The van der Waals surface area contributed by atoms with Gasteiger partial charge < -0.3 is 15.4 Å². The van der Waals surface area contributed by atoms with Crippen molar-refractivity contribution < 1.29 is 13.2 Å². The van der Waals surface area contributed by atoms with Crippen LogP contribution in [0, 0.1) is 0 Å². The van der Waals surface area contributed by atoms with Crippen LogP contribution in [0.2, 0.25) is 0 Å². The number of ether oxygens (including phenoxy) is 1. The summed E-state index contributed by atoms with van der Waals surface area (Å²) >= 11 is 0. The molecule has 0 fully saturated rings. The van der Waals surface area contributed by atoms with E-state index in [1.165, 1.54) is 0 Å². The van der Waals surface area contributed by atoms with Crippen molar-refractivity contribution in [1.29, 1.82) is 0 Å². The Balaban J connectivity index is 0.00000320. The summed E-state index contributed by atoms with van der Waals surface area (Å²) in [6, 6.07) is 16.4. The second-order valence-electron chi connectivity index (χ2n) is 7.04. The maximum Gasteiger partial charge on any atom is 0.191 e. The van der Waals surface area contributed by atoms with Gasteiger partial charge in [-0.3, -0.25) is 4.99 Å². The van der Waals surface area contributed by atoms with Crippen molar-refractivity contribution in [2.24, 2.45) is 4.99 Å². The maximum absolute atomic E-state index is 12.8. The number of aliphatic imine (C=N–C) groups is 1. The lowest BCUT2D eigenvalue weighted by Crippen LogP contribution is -2.47. The third-order valence-corrected chi connectivity index (χ3v) is 6.77. The lowest BCUT2D eigenvalue weighted by molar-refractivity contribution is 0.261. The number of benzene rings is 2. The molecule has 0 radical (unpaired) electrons. The lowest BCUT2D eigenvalue weighted by atomic mass is 10.0. The number of rotatable bonds is 7. The van der Waals surface area contributed by atoms with E-state index in [0.29, 0.717) is 30.4 Å². The molecule has 0 saturated carbocycles. The molecule has 2 aromatic rings. The van der Waals surface area contributed by atoms with Crippen molar-refractivity contribution in [2.75, 3.05) is 18.9 Å². The molecule has 3 rings (SSSR count). The Labute approximate surface area is 196 Å². The average molecular weight is 543 g/mol. The standard InChI is InChI=1S/C22H29N3O3S.HI/c1-3-17(16-29(26,27)18-10-6-5-7-11-18)24-22(23-4-2)25-20-14-15-28-21-13-9-8-12-19(20)21;/h5-13,17,20H,3-4,14-16H2,1-2H3,(H2,23,24,25);1H. The molecule has 2 atom stereocenters. The van der Waals surface area contributed by atoms with Crippen LogP contribution < -0.4 is 15.4 Å². The molecular weight excluding hydrogens is 513 g/mol. The van der Waals surface area contributed by atoms with E-state index in [2.05, 4.69) is 15.6 Å². The number of sulfone groups is 1. The van der Waals surface area contributed by atoms with Crippen LogP contribution in [0.25, 0.3) is 0 Å². The zero-order valence-electron chi connectivity index (χ0n) is 17.4. The fourth-order valence-electron chi connectivity index (χ4n) is 3.39. The molecule has 0 aromatic heterocycles. The third-order valence-electron chi connectivity index (χ3n) is 4.94. The van der Waals surface area contributed by atoms with Crippen LogP contribution in [-0.4, -0.2) is 39.3 Å². The Morgan fingerprint density at radius 1 is 1.13 bits per heavy atom. The molecule has 1 aliphatic heterocycles. The largest absolute Gasteiger partial charge is 0.493 e. The van der Waals surface area contributed by atoms with Gasteiger partial charge in [-0.05, 0) is 31.5 Å². The Hall–Kier alpha value is -1.81. The van der Waals surface area contributed by atoms with Crippen molar-refractivity contribution >= 4 is 39.8 Å². The van der Waals surface area contributed by atoms with Crippen molar-refractivity contribution in [3.63, 3.8) is 0 Å². The molecule has 1 aliphatic rings. The first-order valence-corrected chi connectivity index (χ1v) is 11.8. The Bertz CT molecular complexity index is 936. The van der Waals surface area contributed by atoms with Crippen LogP contribution in [0.1, 0.15) is 38.3 Å². The van der Waals surface area contributed by atoms with Crippen LogP contribution >= 0.6 is 24.0 Å². The Morgan fingerprint density at radius 2 is 1.83 bits per heavy atom. The van der Waals surface area contributed by atoms with Gasteiger partial charge in [-0.1, -0.05) is 43.3 Å². The lowest BCUT2D eigenvalue weighted by Gasteiger charge is -2.29. The highest BCUT2D eigenvalue weighted by atomic mass is 127. The first-order chi connectivity index (χ1) is 14.0. The summed E-state index contributed by atoms with van der Waals surface area (Å²) < 4.78 is 31.3. The number of hydrogen-bond acceptors (Lipinski definition) is 4. The van der Waals surface area contributed by atoms with E-state index in [4.69, 9.17) is 4.74 Å². The van der Waals surface area contributed by atoms with E-state index < -0.39 is 9.84 Å². The highest BCUT2D eigenvalue weighted by Gasteiger charge is 2.24. The van der Waals surface area contributed by atoms with Crippen LogP contribution in [0.3, 0.4) is 0 Å². The zero-order chi connectivity index (χ0) is 20.7. The molecular formula is C22H30IN3O3S. The number of fused-ring (bicyclic) bond motifs is 1. The number of hydrogen-bond donors (Lipinski definition) is 2. The van der Waals surface area contributed by atoms with Crippen LogP contribution in [0.5, 0.6) is 5.75 Å². The molecule has 2 N–H and O–H groups in total. The minimum absolute atomic E-state index is 0. The van der Waals surface area contributed by atoms with Gasteiger partial charge in [-0.2, -0.15) is 0 Å². The van der Waals surface area contributed by atoms with E-state index in [0.717, 1.165) is 17.7 Å². The predicted molar refractivity (Wildman–Crippen MR) is 132 cm³/mol. The van der Waals surface area contributed by atoms with E-state index in [1.54, 1.807) is 24.3 Å². The summed E-state index contributed by atoms with van der Waals surface area (Å²) in [7, 11) is -3.38. The fraction of sp³-hybridized carbons (Fsp3) is 0.409. The number of nitrogens with zero attached hydrogens (tertiary/aromatic N) is 1. The summed E-state index contributed by atoms with van der Waals surface area (Å²) in [4.78, 5) is 4.89. The second-order valence-corrected chi connectivity index (χ2v) is 9.07. The van der Waals surface area contributed by atoms with E-state index in [-0.39, 0.29) is 41.8 Å². The molecule has 0 amide bonds. The minimum atomic E-state index is -3.38. The summed E-state index contributed by atoms with van der Waals surface area (Å²) in [6.45, 7) is 5.17. The molecule has 2 unspecified atom stereocenters. The van der Waals surface area contributed by atoms with E-state index in [1.807, 2.05) is 44.2 Å². The van der Waals surface area contributed by atoms with Gasteiger partial charge in [0.1, 0.15) is 5.75 Å². The molecule has 0 aliphatic carbocycles. The van der Waals surface area contributed by atoms with Crippen molar-refractivity contribution in [3.05, 3.63) is 60.2 Å². The van der Waals surface area contributed by atoms with E-state index >= 15 is 0 Å². The fourth-order valence-corrected chi connectivity index (χ4v) is 5.00. The molecule has 2 aromatic carbocycles. The average Bonchev–Trinajstić information content (AvgIpc) is 2.74.